The van der Waals surface area contributed by atoms with E-state index < -0.39 is 0 Å². The maximum atomic E-state index is 12.4. The number of carbonyl (C=O) groups is 2. The molecule has 2 rings (SSSR count). The third kappa shape index (κ3) is 4.50. The molecule has 2 amide bonds. The van der Waals surface area contributed by atoms with Crippen LogP contribution in [0.2, 0.25) is 0 Å². The molecular weight excluding hydrogens is 320 g/mol. The van der Waals surface area contributed by atoms with Crippen LogP contribution < -0.4 is 19.7 Å². The molecule has 0 spiro atoms. The normalized spacial score (nSPS) is 10.1. The Kier molecular flexibility index (Phi) is 6.00. The monoisotopic (exact) mass is 342 g/mol. The van der Waals surface area contributed by atoms with Gasteiger partial charge in [0.1, 0.15) is 6.54 Å². The lowest BCUT2D eigenvalue weighted by molar-refractivity contribution is -0.120. The van der Waals surface area contributed by atoms with Gasteiger partial charge < -0.3 is 19.7 Å². The van der Waals surface area contributed by atoms with Crippen LogP contribution in [0.15, 0.2) is 42.5 Å². The van der Waals surface area contributed by atoms with Crippen molar-refractivity contribution in [3.05, 3.63) is 48.0 Å². The lowest BCUT2D eigenvalue weighted by Crippen LogP contribution is -2.36. The van der Waals surface area contributed by atoms with Crippen molar-refractivity contribution in [2.45, 2.75) is 13.8 Å². The Morgan fingerprint density at radius 3 is 2.32 bits per heavy atom. The van der Waals surface area contributed by atoms with Crippen LogP contribution in [-0.2, 0) is 9.59 Å². The summed E-state index contributed by atoms with van der Waals surface area (Å²) in [6.07, 6.45) is 0. The molecule has 25 heavy (non-hydrogen) atoms. The molecule has 0 saturated heterocycles. The van der Waals surface area contributed by atoms with Gasteiger partial charge in [-0.1, -0.05) is 18.2 Å². The smallest absolute Gasteiger partial charge is 0.244 e. The number of nitrogens with one attached hydrogen (secondary N) is 1. The number of para-hydroxylation sites is 1. The maximum Gasteiger partial charge on any atom is 0.244 e. The van der Waals surface area contributed by atoms with Gasteiger partial charge in [-0.05, 0) is 30.7 Å². The average molecular weight is 342 g/mol. The van der Waals surface area contributed by atoms with Crippen molar-refractivity contribution < 1.29 is 19.1 Å². The van der Waals surface area contributed by atoms with E-state index in [1.54, 1.807) is 18.2 Å². The number of rotatable bonds is 6. The van der Waals surface area contributed by atoms with Gasteiger partial charge in [-0.3, -0.25) is 9.59 Å². The Hall–Kier alpha value is -3.02. The SMILES string of the molecule is COc1ccc(N(CC(=O)Nc2ccccc2C)C(C)=O)cc1OC. The van der Waals surface area contributed by atoms with E-state index in [1.807, 2.05) is 31.2 Å². The van der Waals surface area contributed by atoms with Gasteiger partial charge in [0.2, 0.25) is 11.8 Å². The van der Waals surface area contributed by atoms with Gasteiger partial charge >= 0.3 is 0 Å². The number of carbonyl (C=O) groups excluding carboxylic acids is 2. The molecule has 6 nitrogen and oxygen atoms in total. The van der Waals surface area contributed by atoms with Crippen molar-refractivity contribution in [3.8, 4) is 11.5 Å². The fraction of sp³-hybridized carbons (Fsp3) is 0.263. The molecule has 0 fully saturated rings. The first kappa shape index (κ1) is 18.3. The zero-order valence-corrected chi connectivity index (χ0v) is 14.8. The summed E-state index contributed by atoms with van der Waals surface area (Å²) in [5.41, 5.74) is 2.24. The highest BCUT2D eigenvalue weighted by molar-refractivity contribution is 6.02. The number of amides is 2. The van der Waals surface area contributed by atoms with E-state index in [0.29, 0.717) is 17.2 Å². The number of ether oxygens (including phenoxy) is 2. The molecule has 0 heterocycles. The summed E-state index contributed by atoms with van der Waals surface area (Å²) in [4.78, 5) is 25.8. The molecule has 0 unspecified atom stereocenters. The predicted octanol–water partition coefficient (Wildman–Crippen LogP) is 3.00. The molecule has 132 valence electrons. The molecule has 0 atom stereocenters. The van der Waals surface area contributed by atoms with Gasteiger partial charge in [-0.15, -0.1) is 0 Å². The number of methoxy groups -OCH3 is 2. The zero-order chi connectivity index (χ0) is 18.4. The molecule has 0 bridgehead atoms. The van der Waals surface area contributed by atoms with Crippen molar-refractivity contribution in [2.75, 3.05) is 31.0 Å². The van der Waals surface area contributed by atoms with Crippen LogP contribution in [0.4, 0.5) is 11.4 Å². The van der Waals surface area contributed by atoms with Crippen molar-refractivity contribution >= 4 is 23.2 Å². The topological polar surface area (TPSA) is 67.9 Å². The van der Waals surface area contributed by atoms with Crippen molar-refractivity contribution in [2.24, 2.45) is 0 Å². The fourth-order valence-corrected chi connectivity index (χ4v) is 2.42. The molecule has 1 N–H and O–H groups in total. The number of hydrogen-bond acceptors (Lipinski definition) is 4. The quantitative estimate of drug-likeness (QED) is 0.876. The molecule has 0 aliphatic carbocycles. The number of anilines is 2. The van der Waals surface area contributed by atoms with Crippen molar-refractivity contribution in [1.82, 2.24) is 0 Å². The summed E-state index contributed by atoms with van der Waals surface area (Å²) in [5.74, 6) is 0.524. The standard InChI is InChI=1S/C19H22N2O4/c1-13-7-5-6-8-16(13)20-19(23)12-21(14(2)22)15-9-10-17(24-3)18(11-15)25-4/h5-11H,12H2,1-4H3,(H,20,23). The molecule has 0 saturated carbocycles. The molecular formula is C19H22N2O4. The Morgan fingerprint density at radius 1 is 1.04 bits per heavy atom. The number of nitrogens with zero attached hydrogens (tertiary/aromatic N) is 1. The Morgan fingerprint density at radius 2 is 1.72 bits per heavy atom. The zero-order valence-electron chi connectivity index (χ0n) is 14.8. The molecule has 2 aromatic carbocycles. The second-order valence-corrected chi connectivity index (χ2v) is 5.51. The lowest BCUT2D eigenvalue weighted by Gasteiger charge is -2.22. The van der Waals surface area contributed by atoms with E-state index in [0.717, 1.165) is 11.3 Å². The highest BCUT2D eigenvalue weighted by Crippen LogP contribution is 2.31. The van der Waals surface area contributed by atoms with Crippen LogP contribution in [-0.4, -0.2) is 32.6 Å². The van der Waals surface area contributed by atoms with Crippen LogP contribution in [0.3, 0.4) is 0 Å². The first-order valence-corrected chi connectivity index (χ1v) is 7.82. The van der Waals surface area contributed by atoms with Gasteiger partial charge in [0, 0.05) is 24.4 Å². The third-order valence-corrected chi connectivity index (χ3v) is 3.78. The molecule has 6 heteroatoms. The number of aryl methyl sites for hydroxylation is 1. The largest absolute Gasteiger partial charge is 0.493 e. The summed E-state index contributed by atoms with van der Waals surface area (Å²) in [6, 6.07) is 12.6. The van der Waals surface area contributed by atoms with Crippen LogP contribution in [0.1, 0.15) is 12.5 Å². The van der Waals surface area contributed by atoms with E-state index in [-0.39, 0.29) is 18.4 Å². The maximum absolute atomic E-state index is 12.4. The minimum absolute atomic E-state index is 0.0981. The first-order chi connectivity index (χ1) is 12.0. The van der Waals surface area contributed by atoms with Crippen molar-refractivity contribution in [1.29, 1.82) is 0 Å². The number of hydrogen-bond donors (Lipinski definition) is 1. The molecule has 2 aromatic rings. The van der Waals surface area contributed by atoms with Crippen LogP contribution >= 0.6 is 0 Å². The summed E-state index contributed by atoms with van der Waals surface area (Å²) in [5, 5.41) is 2.83. The lowest BCUT2D eigenvalue weighted by atomic mass is 10.2. The minimum Gasteiger partial charge on any atom is -0.493 e. The summed E-state index contributed by atoms with van der Waals surface area (Å²) < 4.78 is 10.5. The fourth-order valence-electron chi connectivity index (χ4n) is 2.42. The second-order valence-electron chi connectivity index (χ2n) is 5.51. The summed E-state index contributed by atoms with van der Waals surface area (Å²) >= 11 is 0. The van der Waals surface area contributed by atoms with Crippen molar-refractivity contribution in [3.63, 3.8) is 0 Å². The minimum atomic E-state index is -0.278. The third-order valence-electron chi connectivity index (χ3n) is 3.78. The van der Waals surface area contributed by atoms with Gasteiger partial charge in [0.15, 0.2) is 11.5 Å². The second kappa shape index (κ2) is 8.19. The van der Waals surface area contributed by atoms with E-state index >= 15 is 0 Å². The van der Waals surface area contributed by atoms with E-state index in [4.69, 9.17) is 9.47 Å². The Labute approximate surface area is 147 Å². The van der Waals surface area contributed by atoms with Crippen LogP contribution in [0.5, 0.6) is 11.5 Å². The Balaban J connectivity index is 2.20. The molecule has 0 radical (unpaired) electrons. The van der Waals surface area contributed by atoms with E-state index in [1.165, 1.54) is 26.0 Å². The number of benzene rings is 2. The predicted molar refractivity (Wildman–Crippen MR) is 97.4 cm³/mol. The van der Waals surface area contributed by atoms with Crippen LogP contribution in [0, 0.1) is 6.92 Å². The summed E-state index contributed by atoms with van der Waals surface area (Å²) in [7, 11) is 3.06. The highest BCUT2D eigenvalue weighted by atomic mass is 16.5. The van der Waals surface area contributed by atoms with E-state index in [9.17, 15) is 9.59 Å². The van der Waals surface area contributed by atoms with Crippen LogP contribution in [0.25, 0.3) is 0 Å². The average Bonchev–Trinajstić information content (AvgIpc) is 2.60. The van der Waals surface area contributed by atoms with E-state index in [2.05, 4.69) is 5.32 Å². The van der Waals surface area contributed by atoms with Gasteiger partial charge in [0.25, 0.3) is 0 Å². The first-order valence-electron chi connectivity index (χ1n) is 7.82. The molecule has 0 aliphatic heterocycles. The molecule has 0 aliphatic rings. The summed E-state index contributed by atoms with van der Waals surface area (Å²) in [6.45, 7) is 3.23. The van der Waals surface area contributed by atoms with Gasteiger partial charge in [-0.2, -0.15) is 0 Å². The molecule has 0 aromatic heterocycles. The van der Waals surface area contributed by atoms with Gasteiger partial charge in [0.05, 0.1) is 14.2 Å². The Bertz CT molecular complexity index is 774. The highest BCUT2D eigenvalue weighted by Gasteiger charge is 2.18. The van der Waals surface area contributed by atoms with Gasteiger partial charge in [-0.25, -0.2) is 0 Å².